The number of aromatic hydroxyl groups is 1. The number of carbonyl (C=O) groups excluding carboxylic acids is 1. The molecule has 2 aromatic carbocycles. The predicted molar refractivity (Wildman–Crippen MR) is 138 cm³/mol. The highest BCUT2D eigenvalue weighted by Crippen LogP contribution is 2.51. The molecule has 0 aliphatic carbocycles. The highest BCUT2D eigenvalue weighted by atomic mass is 35.5. The van der Waals surface area contributed by atoms with E-state index in [0.717, 1.165) is 16.7 Å². The number of fused-ring (bicyclic) bond motifs is 1. The molecular formula is C27H29ClN4O5. The van der Waals surface area contributed by atoms with Crippen LogP contribution < -0.4 is 25.1 Å². The largest absolute Gasteiger partial charge is 0.508 e. The molecule has 4 atom stereocenters. The second kappa shape index (κ2) is 10.1. The monoisotopic (exact) mass is 524 g/mol. The number of hydrogen-bond donors (Lipinski definition) is 3. The fourth-order valence-corrected chi connectivity index (χ4v) is 5.61. The van der Waals surface area contributed by atoms with Gasteiger partial charge in [-0.15, -0.1) is 0 Å². The zero-order valence-corrected chi connectivity index (χ0v) is 21.7. The van der Waals surface area contributed by atoms with E-state index < -0.39 is 18.1 Å². The number of likely N-dealkylation sites (tertiary alicyclic amines) is 1. The van der Waals surface area contributed by atoms with Crippen molar-refractivity contribution in [3.05, 3.63) is 76.1 Å². The zero-order chi connectivity index (χ0) is 26.3. The van der Waals surface area contributed by atoms with Crippen molar-refractivity contribution in [3.63, 3.8) is 0 Å². The molecule has 1 amide bonds. The van der Waals surface area contributed by atoms with Crippen LogP contribution >= 0.6 is 11.6 Å². The third kappa shape index (κ3) is 4.33. The summed E-state index contributed by atoms with van der Waals surface area (Å²) in [5.74, 6) is 1.20. The number of halogens is 1. The number of nitrogens with zero attached hydrogens (tertiary/aromatic N) is 2. The second-order valence-electron chi connectivity index (χ2n) is 9.21. The molecule has 0 spiro atoms. The minimum Gasteiger partial charge on any atom is -0.508 e. The number of phenolic OH excluding ortho intramolecular Hbond substituents is 1. The van der Waals surface area contributed by atoms with Gasteiger partial charge in [0.15, 0.2) is 11.5 Å². The van der Waals surface area contributed by atoms with E-state index in [9.17, 15) is 9.90 Å². The van der Waals surface area contributed by atoms with Crippen LogP contribution in [0.2, 0.25) is 5.02 Å². The Bertz CT molecular complexity index is 1300. The van der Waals surface area contributed by atoms with Gasteiger partial charge in [-0.1, -0.05) is 17.7 Å². The van der Waals surface area contributed by atoms with Crippen molar-refractivity contribution in [2.75, 3.05) is 21.3 Å². The van der Waals surface area contributed by atoms with Gasteiger partial charge in [0.05, 0.1) is 33.4 Å². The number of nitrogens with one attached hydrogen (secondary N) is 2. The minimum absolute atomic E-state index is 0.0692. The topological polar surface area (TPSA) is 105 Å². The second-order valence-corrected chi connectivity index (χ2v) is 9.62. The number of ether oxygens (including phenoxy) is 3. The lowest BCUT2D eigenvalue weighted by molar-refractivity contribution is -0.131. The Morgan fingerprint density at radius 1 is 1.05 bits per heavy atom. The minimum atomic E-state index is -0.537. The maximum absolute atomic E-state index is 13.8. The third-order valence-corrected chi connectivity index (χ3v) is 7.57. The number of hydrogen-bond acceptors (Lipinski definition) is 8. The van der Waals surface area contributed by atoms with Gasteiger partial charge in [-0.3, -0.25) is 9.78 Å². The molecule has 10 heteroatoms. The van der Waals surface area contributed by atoms with E-state index >= 15 is 0 Å². The van der Waals surface area contributed by atoms with Crippen LogP contribution in [0.4, 0.5) is 0 Å². The average molecular weight is 525 g/mol. The van der Waals surface area contributed by atoms with E-state index in [2.05, 4.69) is 15.8 Å². The lowest BCUT2D eigenvalue weighted by Crippen LogP contribution is -2.41. The molecule has 2 fully saturated rings. The third-order valence-electron chi connectivity index (χ3n) is 7.16. The van der Waals surface area contributed by atoms with Gasteiger partial charge in [0.2, 0.25) is 11.7 Å². The molecule has 3 aromatic rings. The standard InChI is InChI=1S/C27H29ClN4O5/c1-14-8-19(33)17(11-18(14)28)23-22-24(31-30-23)27(34)32(13-15-6-5-7-29-12-15)25(22)16-9-20(35-2)26(37-4)21(10-16)36-3/h5-12,22-25,30-31,33H,13H2,1-4H3. The Kier molecular flexibility index (Phi) is 6.85. The highest BCUT2D eigenvalue weighted by Gasteiger charge is 2.56. The molecule has 0 bridgehead atoms. The number of rotatable bonds is 7. The molecular weight excluding hydrogens is 496 g/mol. The molecule has 2 saturated heterocycles. The summed E-state index contributed by atoms with van der Waals surface area (Å²) in [4.78, 5) is 19.9. The molecule has 9 nitrogen and oxygen atoms in total. The summed E-state index contributed by atoms with van der Waals surface area (Å²) >= 11 is 6.45. The van der Waals surface area contributed by atoms with E-state index in [4.69, 9.17) is 25.8 Å². The average Bonchev–Trinajstić information content (AvgIpc) is 3.44. The van der Waals surface area contributed by atoms with Gasteiger partial charge < -0.3 is 24.2 Å². The smallest absolute Gasteiger partial charge is 0.242 e. The van der Waals surface area contributed by atoms with E-state index in [0.29, 0.717) is 34.4 Å². The van der Waals surface area contributed by atoms with Crippen molar-refractivity contribution in [1.82, 2.24) is 20.7 Å². The summed E-state index contributed by atoms with van der Waals surface area (Å²) in [6, 6.07) is 9.58. The maximum Gasteiger partial charge on any atom is 0.242 e. The number of benzene rings is 2. The van der Waals surface area contributed by atoms with Crippen molar-refractivity contribution in [1.29, 1.82) is 0 Å². The van der Waals surface area contributed by atoms with Gasteiger partial charge in [-0.25, -0.2) is 10.9 Å². The van der Waals surface area contributed by atoms with Crippen LogP contribution in [0.3, 0.4) is 0 Å². The van der Waals surface area contributed by atoms with Crippen LogP contribution in [0.15, 0.2) is 48.8 Å². The van der Waals surface area contributed by atoms with Crippen LogP contribution in [0.5, 0.6) is 23.0 Å². The quantitative estimate of drug-likeness (QED) is 0.430. The number of hydrazine groups is 1. The SMILES string of the molecule is COc1cc(C2C3C(NNC3c3cc(Cl)c(C)cc3O)C(=O)N2Cc2cccnc2)cc(OC)c1OC. The Balaban J connectivity index is 1.66. The molecule has 2 aliphatic heterocycles. The molecule has 0 saturated carbocycles. The normalized spacial score (nSPS) is 22.7. The van der Waals surface area contributed by atoms with Crippen LogP contribution in [0, 0.1) is 12.8 Å². The molecule has 37 heavy (non-hydrogen) atoms. The van der Waals surface area contributed by atoms with Gasteiger partial charge in [-0.2, -0.15) is 0 Å². The van der Waals surface area contributed by atoms with Crippen molar-refractivity contribution >= 4 is 17.5 Å². The fraction of sp³-hybridized carbons (Fsp3) is 0.333. The number of aryl methyl sites for hydroxylation is 1. The van der Waals surface area contributed by atoms with Crippen LogP contribution in [-0.2, 0) is 11.3 Å². The Labute approximate surface area is 220 Å². The lowest BCUT2D eigenvalue weighted by atomic mass is 9.82. The Hall–Kier alpha value is -3.53. The number of carbonyl (C=O) groups is 1. The van der Waals surface area contributed by atoms with E-state index in [1.165, 1.54) is 0 Å². The van der Waals surface area contributed by atoms with Crippen molar-refractivity contribution < 1.29 is 24.1 Å². The summed E-state index contributed by atoms with van der Waals surface area (Å²) in [5.41, 5.74) is 9.52. The van der Waals surface area contributed by atoms with Crippen molar-refractivity contribution in [2.45, 2.75) is 31.6 Å². The first-order valence-corrected chi connectivity index (χ1v) is 12.2. The lowest BCUT2D eigenvalue weighted by Gasteiger charge is -2.32. The predicted octanol–water partition coefficient (Wildman–Crippen LogP) is 3.69. The molecule has 4 unspecified atom stereocenters. The number of aromatic nitrogens is 1. The molecule has 5 rings (SSSR count). The van der Waals surface area contributed by atoms with Crippen molar-refractivity contribution in [2.24, 2.45) is 5.92 Å². The summed E-state index contributed by atoms with van der Waals surface area (Å²) in [6.07, 6.45) is 3.45. The molecule has 0 radical (unpaired) electrons. The van der Waals surface area contributed by atoms with Crippen molar-refractivity contribution in [3.8, 4) is 23.0 Å². The molecule has 3 N–H and O–H groups in total. The van der Waals surface area contributed by atoms with Crippen LogP contribution in [-0.4, -0.2) is 48.3 Å². The van der Waals surface area contributed by atoms with Gasteiger partial charge in [0.1, 0.15) is 11.8 Å². The summed E-state index contributed by atoms with van der Waals surface area (Å²) in [7, 11) is 4.67. The Morgan fingerprint density at radius 3 is 2.38 bits per heavy atom. The number of amides is 1. The van der Waals surface area contributed by atoms with Gasteiger partial charge >= 0.3 is 0 Å². The van der Waals surface area contributed by atoms with E-state index in [1.54, 1.807) is 45.9 Å². The van der Waals surface area contributed by atoms with Gasteiger partial charge in [0.25, 0.3) is 0 Å². The molecule has 194 valence electrons. The number of methoxy groups -OCH3 is 3. The van der Waals surface area contributed by atoms with E-state index in [1.807, 2.05) is 36.1 Å². The van der Waals surface area contributed by atoms with E-state index in [-0.39, 0.29) is 17.6 Å². The first-order valence-electron chi connectivity index (χ1n) is 11.9. The maximum atomic E-state index is 13.8. The van der Waals surface area contributed by atoms with Crippen LogP contribution in [0.1, 0.15) is 34.3 Å². The van der Waals surface area contributed by atoms with Gasteiger partial charge in [0, 0.05) is 35.4 Å². The summed E-state index contributed by atoms with van der Waals surface area (Å²) < 4.78 is 16.8. The molecule has 1 aromatic heterocycles. The zero-order valence-electron chi connectivity index (χ0n) is 21.0. The van der Waals surface area contributed by atoms with Gasteiger partial charge in [-0.05, 0) is 53.9 Å². The summed E-state index contributed by atoms with van der Waals surface area (Å²) in [5, 5.41) is 11.4. The first kappa shape index (κ1) is 25.1. The summed E-state index contributed by atoms with van der Waals surface area (Å²) in [6.45, 7) is 2.19. The number of phenols is 1. The number of pyridine rings is 1. The Morgan fingerprint density at radius 2 is 1.76 bits per heavy atom. The fourth-order valence-electron chi connectivity index (χ4n) is 5.43. The molecule has 3 heterocycles. The van der Waals surface area contributed by atoms with Crippen LogP contribution in [0.25, 0.3) is 0 Å². The highest BCUT2D eigenvalue weighted by molar-refractivity contribution is 6.31. The first-order chi connectivity index (χ1) is 17.9. The molecule has 2 aliphatic rings.